The number of hydrogen-bond acceptors (Lipinski definition) is 5. The molecule has 33 heavy (non-hydrogen) atoms. The Kier molecular flexibility index (Phi) is 8.30. The van der Waals surface area contributed by atoms with Crippen molar-refractivity contribution in [3.05, 3.63) is 89.5 Å². The molecule has 1 atom stereocenters. The van der Waals surface area contributed by atoms with Crippen molar-refractivity contribution in [2.24, 2.45) is 0 Å². The lowest BCUT2D eigenvalue weighted by atomic mass is 10.1. The molecule has 0 aliphatic heterocycles. The molecule has 7 heteroatoms. The van der Waals surface area contributed by atoms with E-state index in [1.54, 1.807) is 30.3 Å². The van der Waals surface area contributed by atoms with Gasteiger partial charge in [-0.05, 0) is 55.7 Å². The molecular formula is C26H28N2O5. The van der Waals surface area contributed by atoms with Crippen LogP contribution < -0.4 is 20.1 Å². The van der Waals surface area contributed by atoms with E-state index in [1.807, 2.05) is 25.1 Å². The molecule has 0 bridgehead atoms. The number of aryl methyl sites for hydroxylation is 1. The Morgan fingerprint density at radius 2 is 1.76 bits per heavy atom. The molecule has 1 aromatic heterocycles. The summed E-state index contributed by atoms with van der Waals surface area (Å²) in [5.74, 6) is 0.512. The maximum absolute atomic E-state index is 13.0. The molecule has 0 saturated heterocycles. The lowest BCUT2D eigenvalue weighted by molar-refractivity contribution is -0.118. The van der Waals surface area contributed by atoms with Crippen molar-refractivity contribution >= 4 is 17.9 Å². The number of benzene rings is 2. The van der Waals surface area contributed by atoms with Crippen LogP contribution >= 0.6 is 0 Å². The fraction of sp³-hybridized carbons (Fsp3) is 0.231. The first-order chi connectivity index (χ1) is 16.0. The largest absolute Gasteiger partial charge is 0.493 e. The highest BCUT2D eigenvalue weighted by Crippen LogP contribution is 2.27. The van der Waals surface area contributed by atoms with Crippen molar-refractivity contribution in [3.63, 3.8) is 0 Å². The summed E-state index contributed by atoms with van der Waals surface area (Å²) in [6, 6.07) is 18.2. The van der Waals surface area contributed by atoms with E-state index in [-0.39, 0.29) is 11.7 Å². The Morgan fingerprint density at radius 1 is 1.00 bits per heavy atom. The van der Waals surface area contributed by atoms with Crippen LogP contribution in [-0.2, 0) is 11.2 Å². The summed E-state index contributed by atoms with van der Waals surface area (Å²) in [5.41, 5.74) is 1.60. The first kappa shape index (κ1) is 23.7. The quantitative estimate of drug-likeness (QED) is 0.454. The molecule has 0 unspecified atom stereocenters. The van der Waals surface area contributed by atoms with Gasteiger partial charge in [-0.25, -0.2) is 0 Å². The van der Waals surface area contributed by atoms with Crippen LogP contribution in [0.1, 0.15) is 35.0 Å². The van der Waals surface area contributed by atoms with Crippen LogP contribution in [0.15, 0.2) is 77.0 Å². The predicted octanol–water partition coefficient (Wildman–Crippen LogP) is 4.21. The van der Waals surface area contributed by atoms with Crippen LogP contribution in [0.5, 0.6) is 11.5 Å². The van der Waals surface area contributed by atoms with Gasteiger partial charge in [-0.15, -0.1) is 0 Å². The Balaban J connectivity index is 1.72. The van der Waals surface area contributed by atoms with Gasteiger partial charge in [0.15, 0.2) is 11.5 Å². The topological polar surface area (TPSA) is 89.8 Å². The second-order valence-corrected chi connectivity index (χ2v) is 7.50. The Hall–Kier alpha value is -4.00. The summed E-state index contributed by atoms with van der Waals surface area (Å²) >= 11 is 0. The van der Waals surface area contributed by atoms with Crippen LogP contribution in [0.3, 0.4) is 0 Å². The molecule has 0 radical (unpaired) electrons. The lowest BCUT2D eigenvalue weighted by Crippen LogP contribution is -2.39. The second-order valence-electron chi connectivity index (χ2n) is 7.50. The van der Waals surface area contributed by atoms with E-state index in [4.69, 9.17) is 13.9 Å². The summed E-state index contributed by atoms with van der Waals surface area (Å²) in [6.45, 7) is 1.93. The van der Waals surface area contributed by atoms with Gasteiger partial charge in [-0.3, -0.25) is 9.59 Å². The second kappa shape index (κ2) is 11.6. The van der Waals surface area contributed by atoms with Crippen molar-refractivity contribution < 1.29 is 23.5 Å². The number of ether oxygens (including phenoxy) is 2. The van der Waals surface area contributed by atoms with Crippen LogP contribution in [0.25, 0.3) is 6.08 Å². The lowest BCUT2D eigenvalue weighted by Gasteiger charge is -2.16. The predicted molar refractivity (Wildman–Crippen MR) is 126 cm³/mol. The highest BCUT2D eigenvalue weighted by molar-refractivity contribution is 6.05. The van der Waals surface area contributed by atoms with Crippen molar-refractivity contribution in [1.82, 2.24) is 10.6 Å². The zero-order chi connectivity index (χ0) is 23.6. The fourth-order valence-corrected chi connectivity index (χ4v) is 3.25. The number of carbonyl (C=O) groups is 2. The van der Waals surface area contributed by atoms with Crippen molar-refractivity contribution in [2.75, 3.05) is 14.2 Å². The van der Waals surface area contributed by atoms with E-state index >= 15 is 0 Å². The van der Waals surface area contributed by atoms with Gasteiger partial charge >= 0.3 is 0 Å². The number of methoxy groups -OCH3 is 2. The molecule has 172 valence electrons. The number of rotatable bonds is 10. The first-order valence-corrected chi connectivity index (χ1v) is 10.6. The minimum atomic E-state index is -0.458. The van der Waals surface area contributed by atoms with Gasteiger partial charge < -0.3 is 24.5 Å². The van der Waals surface area contributed by atoms with Gasteiger partial charge in [0.2, 0.25) is 0 Å². The first-order valence-electron chi connectivity index (χ1n) is 10.6. The summed E-state index contributed by atoms with van der Waals surface area (Å²) in [5, 5.41) is 5.65. The third-order valence-electron chi connectivity index (χ3n) is 5.05. The SMILES string of the molecule is COc1ccc(C(=O)N/C(=C\c2ccco2)C(=O)N[C@H](C)CCc2ccccc2)cc1OC. The maximum Gasteiger partial charge on any atom is 0.268 e. The van der Waals surface area contributed by atoms with E-state index in [0.29, 0.717) is 22.8 Å². The number of carbonyl (C=O) groups excluding carboxylic acids is 2. The molecule has 3 aromatic rings. The van der Waals surface area contributed by atoms with Crippen LogP contribution in [0.2, 0.25) is 0 Å². The normalized spacial score (nSPS) is 12.0. The third kappa shape index (κ3) is 6.74. The van der Waals surface area contributed by atoms with E-state index in [2.05, 4.69) is 22.8 Å². The highest BCUT2D eigenvalue weighted by Gasteiger charge is 2.18. The average Bonchev–Trinajstić information content (AvgIpc) is 3.35. The molecule has 3 rings (SSSR count). The Morgan fingerprint density at radius 3 is 2.42 bits per heavy atom. The van der Waals surface area contributed by atoms with Crippen molar-refractivity contribution in [2.45, 2.75) is 25.8 Å². The van der Waals surface area contributed by atoms with E-state index < -0.39 is 11.8 Å². The zero-order valence-corrected chi connectivity index (χ0v) is 19.0. The van der Waals surface area contributed by atoms with Crippen molar-refractivity contribution in [1.29, 1.82) is 0 Å². The summed E-state index contributed by atoms with van der Waals surface area (Å²) < 4.78 is 15.8. The minimum absolute atomic E-state index is 0.0799. The van der Waals surface area contributed by atoms with Crippen LogP contribution in [0, 0.1) is 0 Å². The average molecular weight is 449 g/mol. The van der Waals surface area contributed by atoms with Gasteiger partial charge in [0, 0.05) is 17.7 Å². The van der Waals surface area contributed by atoms with Crippen molar-refractivity contribution in [3.8, 4) is 11.5 Å². The molecule has 0 spiro atoms. The summed E-state index contributed by atoms with van der Waals surface area (Å²) in [4.78, 5) is 25.9. The molecule has 0 saturated carbocycles. The molecule has 0 aliphatic rings. The number of hydrogen-bond donors (Lipinski definition) is 2. The molecule has 0 aliphatic carbocycles. The Bertz CT molecular complexity index is 1090. The Labute approximate surface area is 193 Å². The molecule has 2 N–H and O–H groups in total. The van der Waals surface area contributed by atoms with Gasteiger partial charge in [0.1, 0.15) is 11.5 Å². The van der Waals surface area contributed by atoms with Gasteiger partial charge in [0.25, 0.3) is 11.8 Å². The molecule has 0 fully saturated rings. The monoisotopic (exact) mass is 448 g/mol. The van der Waals surface area contributed by atoms with Gasteiger partial charge in [-0.2, -0.15) is 0 Å². The number of amides is 2. The summed E-state index contributed by atoms with van der Waals surface area (Å²) in [7, 11) is 3.01. The van der Waals surface area contributed by atoms with Crippen LogP contribution in [-0.4, -0.2) is 32.1 Å². The summed E-state index contributed by atoms with van der Waals surface area (Å²) in [6.07, 6.45) is 4.59. The highest BCUT2D eigenvalue weighted by atomic mass is 16.5. The molecule has 1 heterocycles. The van der Waals surface area contributed by atoms with E-state index in [9.17, 15) is 9.59 Å². The van der Waals surface area contributed by atoms with Gasteiger partial charge in [-0.1, -0.05) is 30.3 Å². The number of nitrogens with one attached hydrogen (secondary N) is 2. The number of furan rings is 1. The molecule has 2 amide bonds. The third-order valence-corrected chi connectivity index (χ3v) is 5.05. The minimum Gasteiger partial charge on any atom is -0.493 e. The smallest absolute Gasteiger partial charge is 0.268 e. The zero-order valence-electron chi connectivity index (χ0n) is 19.0. The molecule has 7 nitrogen and oxygen atoms in total. The molecular weight excluding hydrogens is 420 g/mol. The fourth-order valence-electron chi connectivity index (χ4n) is 3.25. The van der Waals surface area contributed by atoms with E-state index in [0.717, 1.165) is 12.8 Å². The standard InChI is InChI=1S/C26H28N2O5/c1-18(11-12-19-8-5-4-6-9-19)27-26(30)22(17-21-10-7-15-33-21)28-25(29)20-13-14-23(31-2)24(16-20)32-3/h4-10,13-18H,11-12H2,1-3H3,(H,27,30)(H,28,29)/b22-17-/t18-/m1/s1. The van der Waals surface area contributed by atoms with E-state index in [1.165, 1.54) is 32.1 Å². The van der Waals surface area contributed by atoms with Gasteiger partial charge in [0.05, 0.1) is 20.5 Å². The van der Waals surface area contributed by atoms with Crippen LogP contribution in [0.4, 0.5) is 0 Å². The molecule has 2 aromatic carbocycles. The maximum atomic E-state index is 13.0.